The summed E-state index contributed by atoms with van der Waals surface area (Å²) in [5.41, 5.74) is 0. The highest BCUT2D eigenvalue weighted by Crippen LogP contribution is 1.99. The molecule has 0 spiro atoms. The Hall–Kier alpha value is -0.120. The van der Waals surface area contributed by atoms with E-state index in [1.807, 2.05) is 0 Å². The fraction of sp³-hybridized carbons (Fsp3) is 1.00. The van der Waals surface area contributed by atoms with Gasteiger partial charge in [0.25, 0.3) is 0 Å². The van der Waals surface area contributed by atoms with Gasteiger partial charge in [-0.05, 0) is 25.7 Å². The maximum absolute atomic E-state index is 9.49. The van der Waals surface area contributed by atoms with Crippen LogP contribution in [-0.2, 0) is 9.47 Å². The second-order valence-electron chi connectivity index (χ2n) is 3.46. The number of rotatable bonds is 10. The van der Waals surface area contributed by atoms with Crippen LogP contribution in [0.5, 0.6) is 0 Å². The molecule has 86 valence electrons. The molecule has 0 fully saturated rings. The molecule has 0 bridgehead atoms. The Kier molecular flexibility index (Phi) is 10.9. The summed E-state index contributed by atoms with van der Waals surface area (Å²) in [4.78, 5) is 0. The van der Waals surface area contributed by atoms with Crippen LogP contribution >= 0.6 is 0 Å². The monoisotopic (exact) mass is 204 g/mol. The maximum Gasteiger partial charge on any atom is 0.0584 e. The molecule has 0 saturated carbocycles. The Morgan fingerprint density at radius 2 is 1.29 bits per heavy atom. The van der Waals surface area contributed by atoms with Gasteiger partial charge in [-0.15, -0.1) is 0 Å². The van der Waals surface area contributed by atoms with Crippen molar-refractivity contribution in [3.63, 3.8) is 0 Å². The number of hydrogen-bond acceptors (Lipinski definition) is 3. The summed E-state index contributed by atoms with van der Waals surface area (Å²) in [5.74, 6) is 0. The first kappa shape index (κ1) is 13.9. The van der Waals surface area contributed by atoms with Gasteiger partial charge in [-0.3, -0.25) is 0 Å². The van der Waals surface area contributed by atoms with Crippen molar-refractivity contribution in [3.8, 4) is 0 Å². The van der Waals surface area contributed by atoms with Crippen LogP contribution < -0.4 is 0 Å². The highest BCUT2D eigenvalue weighted by Gasteiger charge is 2.03. The minimum atomic E-state index is -0.274. The third-order valence-electron chi connectivity index (χ3n) is 1.89. The van der Waals surface area contributed by atoms with Crippen molar-refractivity contribution in [3.05, 3.63) is 0 Å². The molecule has 0 saturated heterocycles. The Bertz CT molecular complexity index is 94.7. The minimum absolute atomic E-state index is 0.274. The van der Waals surface area contributed by atoms with E-state index in [1.165, 1.54) is 0 Å². The van der Waals surface area contributed by atoms with Crippen LogP contribution in [0.2, 0.25) is 0 Å². The standard InChI is InChI=1S/C11H24O3/c1-3-7-13-9-5-11(12)6-10-14-8-4-2/h11-12H,3-10H2,1-2H3. The van der Waals surface area contributed by atoms with Crippen molar-refractivity contribution in [1.82, 2.24) is 0 Å². The third kappa shape index (κ3) is 9.96. The smallest absolute Gasteiger partial charge is 0.0584 e. The van der Waals surface area contributed by atoms with Crippen molar-refractivity contribution in [2.75, 3.05) is 26.4 Å². The SMILES string of the molecule is CCCOCCC(O)CCOCCC. The van der Waals surface area contributed by atoms with Gasteiger partial charge in [-0.25, -0.2) is 0 Å². The molecule has 0 amide bonds. The van der Waals surface area contributed by atoms with Crippen LogP contribution in [0, 0.1) is 0 Å². The van der Waals surface area contributed by atoms with E-state index in [2.05, 4.69) is 13.8 Å². The first-order chi connectivity index (χ1) is 6.81. The predicted octanol–water partition coefficient (Wildman–Crippen LogP) is 1.98. The Morgan fingerprint density at radius 3 is 1.64 bits per heavy atom. The lowest BCUT2D eigenvalue weighted by Crippen LogP contribution is -2.13. The first-order valence-electron chi connectivity index (χ1n) is 5.64. The lowest BCUT2D eigenvalue weighted by molar-refractivity contribution is 0.0513. The molecule has 0 radical (unpaired) electrons. The molecule has 0 aliphatic heterocycles. The van der Waals surface area contributed by atoms with Crippen LogP contribution in [0.4, 0.5) is 0 Å². The highest BCUT2D eigenvalue weighted by atomic mass is 16.5. The van der Waals surface area contributed by atoms with E-state index in [4.69, 9.17) is 9.47 Å². The van der Waals surface area contributed by atoms with E-state index >= 15 is 0 Å². The first-order valence-corrected chi connectivity index (χ1v) is 5.64. The van der Waals surface area contributed by atoms with Gasteiger partial charge in [0.05, 0.1) is 6.10 Å². The summed E-state index contributed by atoms with van der Waals surface area (Å²) < 4.78 is 10.6. The second kappa shape index (κ2) is 11.0. The molecule has 0 aliphatic rings. The summed E-state index contributed by atoms with van der Waals surface area (Å²) in [6.45, 7) is 7.05. The normalized spacial score (nSPS) is 11.1. The van der Waals surface area contributed by atoms with Crippen molar-refractivity contribution < 1.29 is 14.6 Å². The average molecular weight is 204 g/mol. The number of aliphatic hydroxyl groups excluding tert-OH is 1. The van der Waals surface area contributed by atoms with Gasteiger partial charge in [0, 0.05) is 26.4 Å². The van der Waals surface area contributed by atoms with Crippen molar-refractivity contribution >= 4 is 0 Å². The van der Waals surface area contributed by atoms with Gasteiger partial charge < -0.3 is 14.6 Å². The molecular weight excluding hydrogens is 180 g/mol. The largest absolute Gasteiger partial charge is 0.393 e. The Labute approximate surface area is 87.4 Å². The fourth-order valence-electron chi connectivity index (χ4n) is 1.08. The molecule has 0 aromatic heterocycles. The van der Waals surface area contributed by atoms with Crippen molar-refractivity contribution in [2.24, 2.45) is 0 Å². The molecule has 1 N–H and O–H groups in total. The van der Waals surface area contributed by atoms with Crippen LogP contribution in [0.3, 0.4) is 0 Å². The van der Waals surface area contributed by atoms with Crippen molar-refractivity contribution in [2.45, 2.75) is 45.6 Å². The Morgan fingerprint density at radius 1 is 0.857 bits per heavy atom. The number of hydrogen-bond donors (Lipinski definition) is 1. The molecule has 0 heterocycles. The summed E-state index contributed by atoms with van der Waals surface area (Å²) in [6, 6.07) is 0. The van der Waals surface area contributed by atoms with Crippen LogP contribution in [-0.4, -0.2) is 37.6 Å². The third-order valence-corrected chi connectivity index (χ3v) is 1.89. The zero-order valence-electron chi connectivity index (χ0n) is 9.50. The Balaban J connectivity index is 3.07. The summed E-state index contributed by atoms with van der Waals surface area (Å²) >= 11 is 0. The zero-order valence-corrected chi connectivity index (χ0v) is 9.50. The van der Waals surface area contributed by atoms with Gasteiger partial charge in [-0.2, -0.15) is 0 Å². The van der Waals surface area contributed by atoms with Gasteiger partial charge in [0.1, 0.15) is 0 Å². The number of aliphatic hydroxyl groups is 1. The van der Waals surface area contributed by atoms with Crippen LogP contribution in [0.25, 0.3) is 0 Å². The van der Waals surface area contributed by atoms with E-state index in [0.717, 1.165) is 38.9 Å². The predicted molar refractivity (Wildman–Crippen MR) is 57.5 cm³/mol. The molecule has 0 rings (SSSR count). The number of ether oxygens (including phenoxy) is 2. The van der Waals surface area contributed by atoms with Crippen molar-refractivity contribution in [1.29, 1.82) is 0 Å². The average Bonchev–Trinajstić information content (AvgIpc) is 2.19. The van der Waals surface area contributed by atoms with Gasteiger partial charge in [-0.1, -0.05) is 13.8 Å². The van der Waals surface area contributed by atoms with E-state index in [1.54, 1.807) is 0 Å². The summed E-state index contributed by atoms with van der Waals surface area (Å²) in [5, 5.41) is 9.49. The molecule has 0 unspecified atom stereocenters. The van der Waals surface area contributed by atoms with Gasteiger partial charge in [0.2, 0.25) is 0 Å². The quantitative estimate of drug-likeness (QED) is 0.553. The topological polar surface area (TPSA) is 38.7 Å². The summed E-state index contributed by atoms with van der Waals surface area (Å²) in [7, 11) is 0. The zero-order chi connectivity index (χ0) is 10.6. The van der Waals surface area contributed by atoms with Crippen LogP contribution in [0.15, 0.2) is 0 Å². The van der Waals surface area contributed by atoms with E-state index in [9.17, 15) is 5.11 Å². The molecule has 3 nitrogen and oxygen atoms in total. The lowest BCUT2D eigenvalue weighted by Gasteiger charge is -2.10. The fourth-order valence-corrected chi connectivity index (χ4v) is 1.08. The second-order valence-corrected chi connectivity index (χ2v) is 3.46. The molecular formula is C11H24O3. The minimum Gasteiger partial charge on any atom is -0.393 e. The van der Waals surface area contributed by atoms with Gasteiger partial charge >= 0.3 is 0 Å². The van der Waals surface area contributed by atoms with E-state index < -0.39 is 0 Å². The van der Waals surface area contributed by atoms with Crippen LogP contribution in [0.1, 0.15) is 39.5 Å². The summed E-state index contributed by atoms with van der Waals surface area (Å²) in [6.07, 6.45) is 3.24. The highest BCUT2D eigenvalue weighted by molar-refractivity contribution is 4.54. The molecule has 0 aromatic carbocycles. The van der Waals surface area contributed by atoms with Gasteiger partial charge in [0.15, 0.2) is 0 Å². The molecule has 3 heteroatoms. The van der Waals surface area contributed by atoms with E-state index in [0.29, 0.717) is 13.2 Å². The molecule has 0 aliphatic carbocycles. The lowest BCUT2D eigenvalue weighted by atomic mass is 10.2. The molecule has 0 atom stereocenters. The maximum atomic E-state index is 9.49. The molecule has 0 aromatic rings. The molecule has 14 heavy (non-hydrogen) atoms. The van der Waals surface area contributed by atoms with E-state index in [-0.39, 0.29) is 6.10 Å².